The van der Waals surface area contributed by atoms with E-state index in [1.165, 1.54) is 0 Å². The van der Waals surface area contributed by atoms with Gasteiger partial charge in [0.1, 0.15) is 11.6 Å². The maximum Gasteiger partial charge on any atom is 0.266 e. The highest BCUT2D eigenvalue weighted by molar-refractivity contribution is 9.10. The van der Waals surface area contributed by atoms with Gasteiger partial charge in [0.05, 0.1) is 0 Å². The van der Waals surface area contributed by atoms with Gasteiger partial charge in [0.15, 0.2) is 11.5 Å². The first kappa shape index (κ1) is 19.8. The van der Waals surface area contributed by atoms with Crippen LogP contribution in [0.5, 0.6) is 11.5 Å². The standard InChI is InChI=1S/C23H18BrN3O3/c1-14-9-16(10-17(12-25)23(28)26-19-5-3-18(24)4-6-19)15(2)27(14)20-7-8-21-22(11-20)30-13-29-21/h3-11H,13H2,1-2H3,(H,26,28). The minimum absolute atomic E-state index is 0.0313. The van der Waals surface area contributed by atoms with Crippen LogP contribution in [-0.2, 0) is 4.79 Å². The van der Waals surface area contributed by atoms with E-state index in [0.717, 1.165) is 32.9 Å². The third-order valence-electron chi connectivity index (χ3n) is 4.85. The fourth-order valence-electron chi connectivity index (χ4n) is 3.39. The predicted molar refractivity (Wildman–Crippen MR) is 118 cm³/mol. The lowest BCUT2D eigenvalue weighted by atomic mass is 10.1. The summed E-state index contributed by atoms with van der Waals surface area (Å²) in [5.74, 6) is 0.967. The van der Waals surface area contributed by atoms with Gasteiger partial charge in [0.25, 0.3) is 5.91 Å². The smallest absolute Gasteiger partial charge is 0.266 e. The van der Waals surface area contributed by atoms with Gasteiger partial charge in [-0.15, -0.1) is 0 Å². The van der Waals surface area contributed by atoms with Crippen LogP contribution in [-0.4, -0.2) is 17.3 Å². The number of benzene rings is 2. The van der Waals surface area contributed by atoms with Crippen molar-refractivity contribution in [1.82, 2.24) is 4.57 Å². The van der Waals surface area contributed by atoms with E-state index in [-0.39, 0.29) is 12.4 Å². The van der Waals surface area contributed by atoms with Gasteiger partial charge in [-0.05, 0) is 68.0 Å². The third-order valence-corrected chi connectivity index (χ3v) is 5.38. The second kappa shape index (κ2) is 8.09. The largest absolute Gasteiger partial charge is 0.454 e. The van der Waals surface area contributed by atoms with Crippen LogP contribution in [0, 0.1) is 25.2 Å². The van der Waals surface area contributed by atoms with Crippen molar-refractivity contribution in [2.75, 3.05) is 12.1 Å². The molecule has 0 saturated carbocycles. The molecule has 30 heavy (non-hydrogen) atoms. The molecule has 0 radical (unpaired) electrons. The quantitative estimate of drug-likeness (QED) is 0.429. The molecule has 0 aliphatic carbocycles. The number of nitrogens with zero attached hydrogens (tertiary/aromatic N) is 2. The molecular formula is C23H18BrN3O3. The predicted octanol–water partition coefficient (Wildman–Crippen LogP) is 5.13. The molecule has 1 amide bonds. The summed E-state index contributed by atoms with van der Waals surface area (Å²) in [5.41, 5.74) is 4.26. The van der Waals surface area contributed by atoms with Crippen molar-refractivity contribution < 1.29 is 14.3 Å². The fraction of sp³-hybridized carbons (Fsp3) is 0.130. The third kappa shape index (κ3) is 3.82. The normalized spacial score (nSPS) is 12.5. The van der Waals surface area contributed by atoms with E-state index < -0.39 is 5.91 Å². The maximum atomic E-state index is 12.6. The van der Waals surface area contributed by atoms with Crippen LogP contribution in [0.25, 0.3) is 11.8 Å². The average Bonchev–Trinajstić information content (AvgIpc) is 3.31. The van der Waals surface area contributed by atoms with Crippen LogP contribution in [0.2, 0.25) is 0 Å². The molecule has 3 aromatic rings. The Morgan fingerprint density at radius 2 is 1.87 bits per heavy atom. The van der Waals surface area contributed by atoms with E-state index in [9.17, 15) is 10.1 Å². The van der Waals surface area contributed by atoms with Crippen LogP contribution >= 0.6 is 15.9 Å². The molecule has 7 heteroatoms. The molecule has 0 saturated heterocycles. The number of nitriles is 1. The Morgan fingerprint density at radius 1 is 1.13 bits per heavy atom. The molecule has 2 aromatic carbocycles. The maximum absolute atomic E-state index is 12.6. The van der Waals surface area contributed by atoms with Crippen molar-refractivity contribution in [1.29, 1.82) is 5.26 Å². The van der Waals surface area contributed by atoms with Crippen molar-refractivity contribution >= 4 is 33.6 Å². The van der Waals surface area contributed by atoms with Gasteiger partial charge in [-0.1, -0.05) is 15.9 Å². The number of carbonyl (C=O) groups is 1. The summed E-state index contributed by atoms with van der Waals surface area (Å²) < 4.78 is 13.8. The first-order valence-corrected chi connectivity index (χ1v) is 10.0. The van der Waals surface area contributed by atoms with Gasteiger partial charge in [0, 0.05) is 33.3 Å². The van der Waals surface area contributed by atoms with E-state index in [1.807, 2.05) is 56.3 Å². The van der Waals surface area contributed by atoms with E-state index in [4.69, 9.17) is 9.47 Å². The molecule has 6 nitrogen and oxygen atoms in total. The number of aryl methyl sites for hydroxylation is 1. The molecule has 2 heterocycles. The summed E-state index contributed by atoms with van der Waals surface area (Å²) in [6.45, 7) is 4.14. The molecule has 1 aromatic heterocycles. The van der Waals surface area contributed by atoms with Crippen molar-refractivity contribution in [3.05, 3.63) is 75.5 Å². The molecule has 1 N–H and O–H groups in total. The summed E-state index contributed by atoms with van der Waals surface area (Å²) in [6, 6.07) is 16.9. The Bertz CT molecular complexity index is 1200. The number of ether oxygens (including phenoxy) is 2. The molecule has 4 rings (SSSR count). The lowest BCUT2D eigenvalue weighted by Crippen LogP contribution is -2.13. The van der Waals surface area contributed by atoms with Crippen LogP contribution < -0.4 is 14.8 Å². The molecule has 0 unspecified atom stereocenters. The Balaban J connectivity index is 1.64. The Kier molecular flexibility index (Phi) is 5.34. The Hall–Kier alpha value is -3.50. The molecule has 150 valence electrons. The highest BCUT2D eigenvalue weighted by atomic mass is 79.9. The van der Waals surface area contributed by atoms with Crippen LogP contribution in [0.3, 0.4) is 0 Å². The first-order valence-electron chi connectivity index (χ1n) is 9.24. The van der Waals surface area contributed by atoms with Crippen molar-refractivity contribution in [3.63, 3.8) is 0 Å². The van der Waals surface area contributed by atoms with Crippen molar-refractivity contribution in [2.24, 2.45) is 0 Å². The number of amides is 1. The monoisotopic (exact) mass is 463 g/mol. The number of fused-ring (bicyclic) bond motifs is 1. The van der Waals surface area contributed by atoms with Gasteiger partial charge in [-0.2, -0.15) is 5.26 Å². The number of aromatic nitrogens is 1. The summed E-state index contributed by atoms with van der Waals surface area (Å²) in [7, 11) is 0. The number of rotatable bonds is 4. The number of halogens is 1. The molecule has 0 atom stereocenters. The molecule has 1 aliphatic heterocycles. The van der Waals surface area contributed by atoms with Gasteiger partial charge in [0.2, 0.25) is 6.79 Å². The molecule has 0 fully saturated rings. The molecular weight excluding hydrogens is 446 g/mol. The fourth-order valence-corrected chi connectivity index (χ4v) is 3.66. The summed E-state index contributed by atoms with van der Waals surface area (Å²) in [4.78, 5) is 12.6. The van der Waals surface area contributed by atoms with Crippen molar-refractivity contribution in [2.45, 2.75) is 13.8 Å². The van der Waals surface area contributed by atoms with E-state index in [0.29, 0.717) is 11.4 Å². The van der Waals surface area contributed by atoms with E-state index in [1.54, 1.807) is 18.2 Å². The SMILES string of the molecule is Cc1cc(C=C(C#N)C(=O)Nc2ccc(Br)cc2)c(C)n1-c1ccc2c(c1)OCO2. The van der Waals surface area contributed by atoms with E-state index >= 15 is 0 Å². The van der Waals surface area contributed by atoms with Gasteiger partial charge in [-0.25, -0.2) is 0 Å². The Labute approximate surface area is 182 Å². The topological polar surface area (TPSA) is 76.3 Å². The molecule has 0 spiro atoms. The van der Waals surface area contributed by atoms with Crippen molar-refractivity contribution in [3.8, 4) is 23.3 Å². The lowest BCUT2D eigenvalue weighted by molar-refractivity contribution is -0.112. The molecule has 1 aliphatic rings. The van der Waals surface area contributed by atoms with Crippen LogP contribution in [0.15, 0.2) is 58.6 Å². The number of hydrogen-bond acceptors (Lipinski definition) is 4. The summed E-state index contributed by atoms with van der Waals surface area (Å²) >= 11 is 3.36. The van der Waals surface area contributed by atoms with Gasteiger partial charge >= 0.3 is 0 Å². The van der Waals surface area contributed by atoms with Crippen LogP contribution in [0.1, 0.15) is 17.0 Å². The zero-order valence-electron chi connectivity index (χ0n) is 16.4. The van der Waals surface area contributed by atoms with Gasteiger partial charge in [-0.3, -0.25) is 4.79 Å². The average molecular weight is 464 g/mol. The zero-order valence-corrected chi connectivity index (χ0v) is 18.0. The van der Waals surface area contributed by atoms with E-state index in [2.05, 4.69) is 25.8 Å². The minimum atomic E-state index is -0.451. The second-order valence-corrected chi connectivity index (χ2v) is 7.75. The number of hydrogen-bond donors (Lipinski definition) is 1. The second-order valence-electron chi connectivity index (χ2n) is 6.83. The highest BCUT2D eigenvalue weighted by Gasteiger charge is 2.17. The molecule has 0 bridgehead atoms. The lowest BCUT2D eigenvalue weighted by Gasteiger charge is -2.10. The summed E-state index contributed by atoms with van der Waals surface area (Å²) in [5, 5.41) is 12.3. The van der Waals surface area contributed by atoms with Crippen LogP contribution in [0.4, 0.5) is 5.69 Å². The highest BCUT2D eigenvalue weighted by Crippen LogP contribution is 2.35. The number of anilines is 1. The zero-order chi connectivity index (χ0) is 21.3. The van der Waals surface area contributed by atoms with Gasteiger partial charge < -0.3 is 19.4 Å². The first-order chi connectivity index (χ1) is 14.5. The Morgan fingerprint density at radius 3 is 2.60 bits per heavy atom. The number of carbonyl (C=O) groups excluding carboxylic acids is 1. The minimum Gasteiger partial charge on any atom is -0.454 e. The summed E-state index contributed by atoms with van der Waals surface area (Å²) in [6.07, 6.45) is 1.61. The number of nitrogens with one attached hydrogen (secondary N) is 1.